The Balaban J connectivity index is 3.57. The summed E-state index contributed by atoms with van der Waals surface area (Å²) in [7, 11) is 0. The van der Waals surface area contributed by atoms with Gasteiger partial charge >= 0.3 is 0 Å². The first kappa shape index (κ1) is 13.5. The van der Waals surface area contributed by atoms with E-state index < -0.39 is 0 Å². The van der Waals surface area contributed by atoms with Gasteiger partial charge in [0.2, 0.25) is 5.91 Å². The maximum Gasteiger partial charge on any atom is 0.232 e. The zero-order valence-electron chi connectivity index (χ0n) is 9.21. The molecule has 0 aliphatic heterocycles. The number of Topliss-reactive ketones (excluding diaryl/α,β-unsaturated/α-hetero) is 1. The third-order valence-electron chi connectivity index (χ3n) is 1.94. The second kappa shape index (κ2) is 7.85. The number of carbonyl (C=O) groups excluding carboxylic acids is 2. The standard InChI is InChI=1S/C10H19NO2S/c1-4-11(5-2)10(13)8-14-7-6-9(3)12/h4-8H2,1-3H3. The molecule has 14 heavy (non-hydrogen) atoms. The van der Waals surface area contributed by atoms with E-state index in [4.69, 9.17) is 0 Å². The number of amides is 1. The van der Waals surface area contributed by atoms with Crippen LogP contribution < -0.4 is 0 Å². The van der Waals surface area contributed by atoms with E-state index in [1.807, 2.05) is 13.8 Å². The van der Waals surface area contributed by atoms with Crippen molar-refractivity contribution in [2.24, 2.45) is 0 Å². The molecule has 82 valence electrons. The molecular formula is C10H19NO2S. The van der Waals surface area contributed by atoms with E-state index in [1.54, 1.807) is 11.8 Å². The third kappa shape index (κ3) is 6.02. The van der Waals surface area contributed by atoms with Crippen LogP contribution in [0.2, 0.25) is 0 Å². The molecule has 0 N–H and O–H groups in total. The summed E-state index contributed by atoms with van der Waals surface area (Å²) >= 11 is 1.54. The first-order chi connectivity index (χ1) is 6.61. The van der Waals surface area contributed by atoms with Crippen LogP contribution in [-0.2, 0) is 9.59 Å². The first-order valence-corrected chi connectivity index (χ1v) is 6.12. The van der Waals surface area contributed by atoms with Crippen LogP contribution in [0.4, 0.5) is 0 Å². The molecule has 0 saturated carbocycles. The van der Waals surface area contributed by atoms with Crippen molar-refractivity contribution in [2.45, 2.75) is 27.2 Å². The summed E-state index contributed by atoms with van der Waals surface area (Å²) in [6.07, 6.45) is 0.566. The average Bonchev–Trinajstić information content (AvgIpc) is 2.14. The average molecular weight is 217 g/mol. The van der Waals surface area contributed by atoms with Crippen molar-refractivity contribution in [2.75, 3.05) is 24.6 Å². The summed E-state index contributed by atoms with van der Waals surface area (Å²) in [6, 6.07) is 0. The second-order valence-electron chi connectivity index (χ2n) is 3.07. The van der Waals surface area contributed by atoms with Crippen LogP contribution in [0.15, 0.2) is 0 Å². The Kier molecular flexibility index (Phi) is 7.57. The van der Waals surface area contributed by atoms with Gasteiger partial charge in [0.05, 0.1) is 5.75 Å². The fourth-order valence-corrected chi connectivity index (χ4v) is 1.98. The van der Waals surface area contributed by atoms with Gasteiger partial charge in [-0.3, -0.25) is 9.59 Å². The minimum absolute atomic E-state index is 0.170. The molecule has 3 nitrogen and oxygen atoms in total. The number of thioether (sulfide) groups is 1. The first-order valence-electron chi connectivity index (χ1n) is 4.96. The molecule has 0 aromatic rings. The van der Waals surface area contributed by atoms with Crippen molar-refractivity contribution >= 4 is 23.5 Å². The monoisotopic (exact) mass is 217 g/mol. The highest BCUT2D eigenvalue weighted by atomic mass is 32.2. The Labute approximate surface area is 90.2 Å². The Hall–Kier alpha value is -0.510. The summed E-state index contributed by atoms with van der Waals surface area (Å²) in [5.74, 6) is 1.61. The molecule has 0 rings (SSSR count). The molecule has 0 atom stereocenters. The molecule has 0 spiro atoms. The molecule has 0 fully saturated rings. The minimum atomic E-state index is 0.170. The molecule has 0 heterocycles. The fourth-order valence-electron chi connectivity index (χ4n) is 1.04. The number of hydrogen-bond donors (Lipinski definition) is 0. The van der Waals surface area contributed by atoms with Crippen molar-refractivity contribution in [1.29, 1.82) is 0 Å². The van der Waals surface area contributed by atoms with Crippen LogP contribution in [0.3, 0.4) is 0 Å². The van der Waals surface area contributed by atoms with Crippen LogP contribution >= 0.6 is 11.8 Å². The van der Waals surface area contributed by atoms with E-state index in [0.717, 1.165) is 18.8 Å². The van der Waals surface area contributed by atoms with E-state index in [2.05, 4.69) is 0 Å². The molecule has 0 aliphatic rings. The van der Waals surface area contributed by atoms with Crippen LogP contribution in [0.1, 0.15) is 27.2 Å². The Morgan fingerprint density at radius 2 is 1.79 bits per heavy atom. The summed E-state index contributed by atoms with van der Waals surface area (Å²) in [4.78, 5) is 23.9. The van der Waals surface area contributed by atoms with Crippen LogP contribution in [0.5, 0.6) is 0 Å². The van der Waals surface area contributed by atoms with Crippen molar-refractivity contribution in [3.05, 3.63) is 0 Å². The van der Waals surface area contributed by atoms with Crippen molar-refractivity contribution in [1.82, 2.24) is 4.90 Å². The molecule has 0 saturated heterocycles. The maximum atomic E-state index is 11.5. The molecule has 0 aromatic heterocycles. The van der Waals surface area contributed by atoms with Gasteiger partial charge in [0.15, 0.2) is 0 Å². The van der Waals surface area contributed by atoms with Gasteiger partial charge in [-0.1, -0.05) is 0 Å². The molecular weight excluding hydrogens is 198 g/mol. The largest absolute Gasteiger partial charge is 0.343 e. The molecule has 0 radical (unpaired) electrons. The smallest absolute Gasteiger partial charge is 0.232 e. The predicted molar refractivity (Wildman–Crippen MR) is 60.6 cm³/mol. The van der Waals surface area contributed by atoms with Gasteiger partial charge in [-0.2, -0.15) is 11.8 Å². The van der Waals surface area contributed by atoms with E-state index in [-0.39, 0.29) is 11.7 Å². The lowest BCUT2D eigenvalue weighted by Crippen LogP contribution is -2.32. The number of nitrogens with zero attached hydrogens (tertiary/aromatic N) is 1. The highest BCUT2D eigenvalue weighted by Crippen LogP contribution is 2.04. The van der Waals surface area contributed by atoms with Crippen LogP contribution in [0, 0.1) is 0 Å². The third-order valence-corrected chi connectivity index (χ3v) is 2.88. The van der Waals surface area contributed by atoms with Gasteiger partial charge in [-0.25, -0.2) is 0 Å². The van der Waals surface area contributed by atoms with Crippen LogP contribution in [-0.4, -0.2) is 41.2 Å². The summed E-state index contributed by atoms with van der Waals surface area (Å²) in [5, 5.41) is 0. The molecule has 4 heteroatoms. The summed E-state index contributed by atoms with van der Waals surface area (Å²) < 4.78 is 0. The SMILES string of the molecule is CCN(CC)C(=O)CSCCC(C)=O. The van der Waals surface area contributed by atoms with Crippen molar-refractivity contribution in [3.8, 4) is 0 Å². The summed E-state index contributed by atoms with van der Waals surface area (Å²) in [6.45, 7) is 7.06. The summed E-state index contributed by atoms with van der Waals surface area (Å²) in [5.41, 5.74) is 0. The van der Waals surface area contributed by atoms with Gasteiger partial charge in [-0.05, 0) is 20.8 Å². The normalized spacial score (nSPS) is 9.93. The van der Waals surface area contributed by atoms with Gasteiger partial charge in [0.25, 0.3) is 0 Å². The number of rotatable bonds is 7. The zero-order chi connectivity index (χ0) is 11.0. The molecule has 0 bridgehead atoms. The Bertz CT molecular complexity index is 191. The number of ketones is 1. The number of hydrogen-bond acceptors (Lipinski definition) is 3. The van der Waals surface area contributed by atoms with Crippen LogP contribution in [0.25, 0.3) is 0 Å². The van der Waals surface area contributed by atoms with E-state index in [9.17, 15) is 9.59 Å². The minimum Gasteiger partial charge on any atom is -0.343 e. The molecule has 1 amide bonds. The predicted octanol–water partition coefficient (Wildman–Crippen LogP) is 1.57. The highest BCUT2D eigenvalue weighted by molar-refractivity contribution is 7.99. The second-order valence-corrected chi connectivity index (χ2v) is 4.18. The van der Waals surface area contributed by atoms with Gasteiger partial charge in [-0.15, -0.1) is 0 Å². The maximum absolute atomic E-state index is 11.5. The fraction of sp³-hybridized carbons (Fsp3) is 0.800. The van der Waals surface area contributed by atoms with Gasteiger partial charge in [0.1, 0.15) is 5.78 Å². The highest BCUT2D eigenvalue weighted by Gasteiger charge is 2.08. The molecule has 0 aromatic carbocycles. The number of carbonyl (C=O) groups is 2. The molecule has 0 unspecified atom stereocenters. The lowest BCUT2D eigenvalue weighted by Gasteiger charge is -2.17. The van der Waals surface area contributed by atoms with Gasteiger partial charge in [0, 0.05) is 25.3 Å². The lowest BCUT2D eigenvalue weighted by molar-refractivity contribution is -0.128. The van der Waals surface area contributed by atoms with E-state index in [1.165, 1.54) is 11.8 Å². The lowest BCUT2D eigenvalue weighted by atomic mass is 10.4. The van der Waals surface area contributed by atoms with Crippen molar-refractivity contribution < 1.29 is 9.59 Å². The van der Waals surface area contributed by atoms with E-state index in [0.29, 0.717) is 12.2 Å². The van der Waals surface area contributed by atoms with Crippen molar-refractivity contribution in [3.63, 3.8) is 0 Å². The van der Waals surface area contributed by atoms with E-state index >= 15 is 0 Å². The zero-order valence-corrected chi connectivity index (χ0v) is 10.0. The molecule has 0 aliphatic carbocycles. The quantitative estimate of drug-likeness (QED) is 0.607. The Morgan fingerprint density at radius 1 is 1.21 bits per heavy atom. The Morgan fingerprint density at radius 3 is 2.21 bits per heavy atom. The topological polar surface area (TPSA) is 37.4 Å². The van der Waals surface area contributed by atoms with Gasteiger partial charge < -0.3 is 4.90 Å².